The fourth-order valence-corrected chi connectivity index (χ4v) is 4.23. The van der Waals surface area contributed by atoms with Gasteiger partial charge in [-0.2, -0.15) is 5.10 Å². The van der Waals surface area contributed by atoms with E-state index >= 15 is 0 Å². The average molecular weight is 383 g/mol. The van der Waals surface area contributed by atoms with E-state index in [-0.39, 0.29) is 5.91 Å². The Hall–Kier alpha value is -2.34. The highest BCUT2D eigenvalue weighted by Crippen LogP contribution is 2.43. The Kier molecular flexibility index (Phi) is 4.91. The molecule has 2 aliphatic heterocycles. The van der Waals surface area contributed by atoms with E-state index in [1.54, 1.807) is 4.68 Å². The summed E-state index contributed by atoms with van der Waals surface area (Å²) < 4.78 is 8.11. The number of hydrogen-bond donors (Lipinski definition) is 1. The summed E-state index contributed by atoms with van der Waals surface area (Å²) in [5, 5.41) is 15.0. The molecule has 0 saturated carbocycles. The number of hydrogen-bond acceptors (Lipinski definition) is 4. The van der Waals surface area contributed by atoms with Crippen LogP contribution in [0.25, 0.3) is 0 Å². The van der Waals surface area contributed by atoms with Crippen molar-refractivity contribution in [3.63, 3.8) is 0 Å². The zero-order chi connectivity index (χ0) is 19.9. The molecule has 150 valence electrons. The fourth-order valence-electron chi connectivity index (χ4n) is 4.23. The Balaban J connectivity index is 1.43. The summed E-state index contributed by atoms with van der Waals surface area (Å²) >= 11 is 0. The topological polar surface area (TPSA) is 67.6 Å². The van der Waals surface area contributed by atoms with Crippen LogP contribution in [-0.2, 0) is 6.54 Å². The smallest absolute Gasteiger partial charge is 0.253 e. The SMILES string of the molecule is CCn1cc2c(n1)C(O)CC1(CCN(C(=O)c3ccc(C(C)C)cc3)CC1)O2. The van der Waals surface area contributed by atoms with Gasteiger partial charge in [0.2, 0.25) is 0 Å². The van der Waals surface area contributed by atoms with Crippen molar-refractivity contribution in [1.82, 2.24) is 14.7 Å². The van der Waals surface area contributed by atoms with Gasteiger partial charge in [-0.15, -0.1) is 0 Å². The number of amides is 1. The maximum atomic E-state index is 12.9. The van der Waals surface area contributed by atoms with Crippen molar-refractivity contribution in [1.29, 1.82) is 0 Å². The minimum Gasteiger partial charge on any atom is -0.483 e. The lowest BCUT2D eigenvalue weighted by atomic mass is 9.83. The van der Waals surface area contributed by atoms with Gasteiger partial charge in [-0.25, -0.2) is 0 Å². The van der Waals surface area contributed by atoms with E-state index in [4.69, 9.17) is 4.74 Å². The summed E-state index contributed by atoms with van der Waals surface area (Å²) in [5.74, 6) is 1.21. The molecule has 6 nitrogen and oxygen atoms in total. The van der Waals surface area contributed by atoms with Crippen LogP contribution in [0, 0.1) is 0 Å². The number of carbonyl (C=O) groups is 1. The largest absolute Gasteiger partial charge is 0.483 e. The molecule has 0 radical (unpaired) electrons. The Bertz CT molecular complexity index is 848. The molecule has 1 amide bonds. The molecule has 0 bridgehead atoms. The van der Waals surface area contributed by atoms with Crippen LogP contribution >= 0.6 is 0 Å². The second kappa shape index (κ2) is 7.24. The molecule has 1 spiro atoms. The van der Waals surface area contributed by atoms with Gasteiger partial charge >= 0.3 is 0 Å². The third-order valence-corrected chi connectivity index (χ3v) is 6.07. The Labute approximate surface area is 166 Å². The predicted molar refractivity (Wildman–Crippen MR) is 107 cm³/mol. The molecule has 6 heteroatoms. The fraction of sp³-hybridized carbons (Fsp3) is 0.545. The second-order valence-corrected chi connectivity index (χ2v) is 8.31. The minimum atomic E-state index is -0.609. The van der Waals surface area contributed by atoms with Gasteiger partial charge in [0.15, 0.2) is 5.75 Å². The van der Waals surface area contributed by atoms with Crippen molar-refractivity contribution in [3.05, 3.63) is 47.3 Å². The Morgan fingerprint density at radius 3 is 2.57 bits per heavy atom. The molecule has 1 aromatic carbocycles. The third kappa shape index (κ3) is 3.41. The van der Waals surface area contributed by atoms with Crippen molar-refractivity contribution in [2.24, 2.45) is 0 Å². The summed E-state index contributed by atoms with van der Waals surface area (Å²) in [6.45, 7) is 8.32. The predicted octanol–water partition coefficient (Wildman–Crippen LogP) is 3.52. The molecule has 1 aromatic heterocycles. The molecule has 0 aliphatic carbocycles. The van der Waals surface area contributed by atoms with Gasteiger partial charge in [-0.3, -0.25) is 9.48 Å². The molecule has 1 unspecified atom stereocenters. The molecular formula is C22H29N3O3. The van der Waals surface area contributed by atoms with E-state index in [0.29, 0.717) is 36.9 Å². The summed E-state index contributed by atoms with van der Waals surface area (Å²) in [5.41, 5.74) is 2.20. The van der Waals surface area contributed by atoms with Crippen molar-refractivity contribution >= 4 is 5.91 Å². The van der Waals surface area contributed by atoms with Gasteiger partial charge in [-0.05, 0) is 30.5 Å². The van der Waals surface area contributed by atoms with E-state index in [0.717, 1.165) is 24.9 Å². The number of benzene rings is 1. The first-order valence-electron chi connectivity index (χ1n) is 10.2. The lowest BCUT2D eigenvalue weighted by Gasteiger charge is -2.44. The average Bonchev–Trinajstić information content (AvgIpc) is 3.11. The second-order valence-electron chi connectivity index (χ2n) is 8.31. The number of aryl methyl sites for hydroxylation is 1. The number of carbonyl (C=O) groups excluding carboxylic acids is 1. The number of fused-ring (bicyclic) bond motifs is 1. The van der Waals surface area contributed by atoms with Gasteiger partial charge in [-0.1, -0.05) is 26.0 Å². The van der Waals surface area contributed by atoms with Crippen LogP contribution in [0.4, 0.5) is 0 Å². The third-order valence-electron chi connectivity index (χ3n) is 6.07. The van der Waals surface area contributed by atoms with E-state index < -0.39 is 11.7 Å². The maximum Gasteiger partial charge on any atom is 0.253 e. The number of likely N-dealkylation sites (tertiary alicyclic amines) is 1. The Morgan fingerprint density at radius 2 is 1.96 bits per heavy atom. The van der Waals surface area contributed by atoms with E-state index in [1.807, 2.05) is 42.3 Å². The molecule has 2 aliphatic rings. The molecule has 2 aromatic rings. The number of aliphatic hydroxyl groups excluding tert-OH is 1. The van der Waals surface area contributed by atoms with Gasteiger partial charge in [0.1, 0.15) is 17.4 Å². The maximum absolute atomic E-state index is 12.9. The van der Waals surface area contributed by atoms with Crippen LogP contribution in [0.5, 0.6) is 5.75 Å². The van der Waals surface area contributed by atoms with Crippen molar-refractivity contribution in [2.45, 2.75) is 64.2 Å². The van der Waals surface area contributed by atoms with Gasteiger partial charge in [0.05, 0.1) is 6.20 Å². The first-order valence-corrected chi connectivity index (χ1v) is 10.2. The molecule has 4 rings (SSSR count). The van der Waals surface area contributed by atoms with Crippen molar-refractivity contribution in [3.8, 4) is 5.75 Å². The zero-order valence-corrected chi connectivity index (χ0v) is 16.9. The first kappa shape index (κ1) is 19.0. The summed E-state index contributed by atoms with van der Waals surface area (Å²) in [4.78, 5) is 14.8. The summed E-state index contributed by atoms with van der Waals surface area (Å²) in [7, 11) is 0. The number of aromatic nitrogens is 2. The van der Waals surface area contributed by atoms with Crippen LogP contribution in [0.1, 0.15) is 73.7 Å². The highest BCUT2D eigenvalue weighted by atomic mass is 16.5. The van der Waals surface area contributed by atoms with Gasteiger partial charge < -0.3 is 14.7 Å². The van der Waals surface area contributed by atoms with Crippen LogP contribution < -0.4 is 4.74 Å². The monoisotopic (exact) mass is 383 g/mol. The molecule has 1 atom stereocenters. The van der Waals surface area contributed by atoms with Crippen molar-refractivity contribution < 1.29 is 14.6 Å². The number of piperidine rings is 1. The number of nitrogens with zero attached hydrogens (tertiary/aromatic N) is 3. The lowest BCUT2D eigenvalue weighted by Crippen LogP contribution is -2.51. The Morgan fingerprint density at radius 1 is 1.29 bits per heavy atom. The summed E-state index contributed by atoms with van der Waals surface area (Å²) in [6, 6.07) is 7.93. The van der Waals surface area contributed by atoms with Crippen LogP contribution in [0.15, 0.2) is 30.5 Å². The lowest BCUT2D eigenvalue weighted by molar-refractivity contribution is -0.0504. The molecule has 28 heavy (non-hydrogen) atoms. The standard InChI is InChI=1S/C22H29N3O3/c1-4-25-14-19-20(23-25)18(26)13-22(28-19)9-11-24(12-10-22)21(27)17-7-5-16(6-8-17)15(2)3/h5-8,14-15,18,26H,4,9-13H2,1-3H3. The van der Waals surface area contributed by atoms with Crippen LogP contribution in [0.3, 0.4) is 0 Å². The first-order chi connectivity index (χ1) is 13.4. The van der Waals surface area contributed by atoms with Crippen LogP contribution in [0.2, 0.25) is 0 Å². The number of ether oxygens (including phenoxy) is 1. The van der Waals surface area contributed by atoms with Crippen molar-refractivity contribution in [2.75, 3.05) is 13.1 Å². The zero-order valence-electron chi connectivity index (χ0n) is 16.9. The number of aliphatic hydroxyl groups is 1. The van der Waals surface area contributed by atoms with E-state index in [1.165, 1.54) is 5.56 Å². The van der Waals surface area contributed by atoms with Crippen LogP contribution in [-0.4, -0.2) is 44.4 Å². The van der Waals surface area contributed by atoms with Gasteiger partial charge in [0, 0.05) is 44.5 Å². The highest BCUT2D eigenvalue weighted by molar-refractivity contribution is 5.94. The molecular weight excluding hydrogens is 354 g/mol. The summed E-state index contributed by atoms with van der Waals surface area (Å²) in [6.07, 6.45) is 3.23. The minimum absolute atomic E-state index is 0.0704. The van der Waals surface area contributed by atoms with E-state index in [2.05, 4.69) is 18.9 Å². The molecule has 1 fully saturated rings. The molecule has 3 heterocycles. The quantitative estimate of drug-likeness (QED) is 0.881. The highest BCUT2D eigenvalue weighted by Gasteiger charge is 2.45. The van der Waals surface area contributed by atoms with Gasteiger partial charge in [0.25, 0.3) is 5.91 Å². The van der Waals surface area contributed by atoms with E-state index in [9.17, 15) is 9.90 Å². The molecule has 1 saturated heterocycles. The molecule has 1 N–H and O–H groups in total. The number of rotatable bonds is 3. The normalized spacial score (nSPS) is 20.9.